The lowest BCUT2D eigenvalue weighted by Crippen LogP contribution is -2.15. The number of rotatable bonds is 3. The summed E-state index contributed by atoms with van der Waals surface area (Å²) in [6, 6.07) is 1.07. The van der Waals surface area contributed by atoms with Crippen molar-refractivity contribution < 1.29 is 13.6 Å². The summed E-state index contributed by atoms with van der Waals surface area (Å²) in [5.74, 6) is -0.755. The van der Waals surface area contributed by atoms with Crippen molar-refractivity contribution in [3.8, 4) is 0 Å². The topological polar surface area (TPSA) is 56.0 Å². The maximum Gasteiger partial charge on any atom is 0.265 e. The highest BCUT2D eigenvalue weighted by atomic mass is 79.9. The Hall–Kier alpha value is -1.04. The Bertz CT molecular complexity index is 357. The minimum Gasteiger partial charge on any atom is -0.366 e. The number of hydrogen-bond donors (Lipinski definition) is 1. The predicted molar refractivity (Wildman–Crippen MR) is 50.3 cm³/mol. The Labute approximate surface area is 87.4 Å². The summed E-state index contributed by atoms with van der Waals surface area (Å²) in [6.07, 6.45) is -1.61. The first-order chi connectivity index (χ1) is 6.56. The van der Waals surface area contributed by atoms with Crippen LogP contribution >= 0.6 is 15.9 Å². The van der Waals surface area contributed by atoms with E-state index in [4.69, 9.17) is 5.73 Å². The highest BCUT2D eigenvalue weighted by Crippen LogP contribution is 2.20. The van der Waals surface area contributed by atoms with Crippen molar-refractivity contribution in [2.24, 2.45) is 5.73 Å². The number of pyridine rings is 1. The van der Waals surface area contributed by atoms with Crippen LogP contribution in [0.1, 0.15) is 28.0 Å². The highest BCUT2D eigenvalue weighted by molar-refractivity contribution is 9.08. The Balaban J connectivity index is 3.21. The maximum absolute atomic E-state index is 12.2. The number of carbonyl (C=O) groups excluding carboxylic acids is 1. The van der Waals surface area contributed by atoms with Gasteiger partial charge in [0.25, 0.3) is 12.3 Å². The molecule has 0 aliphatic rings. The number of alkyl halides is 3. The molecule has 0 atom stereocenters. The van der Waals surface area contributed by atoms with Gasteiger partial charge in [0.15, 0.2) is 0 Å². The van der Waals surface area contributed by atoms with Gasteiger partial charge in [-0.1, -0.05) is 15.9 Å². The molecule has 6 heteroatoms. The molecule has 1 rings (SSSR count). The first kappa shape index (κ1) is 11.0. The van der Waals surface area contributed by atoms with E-state index >= 15 is 0 Å². The molecule has 0 aromatic carbocycles. The quantitative estimate of drug-likeness (QED) is 0.850. The Morgan fingerprint density at radius 3 is 2.71 bits per heavy atom. The van der Waals surface area contributed by atoms with Crippen molar-refractivity contribution in [1.82, 2.24) is 4.98 Å². The van der Waals surface area contributed by atoms with Crippen LogP contribution in [-0.2, 0) is 5.33 Å². The monoisotopic (exact) mass is 264 g/mol. The molecule has 0 fully saturated rings. The molecule has 1 amide bonds. The second kappa shape index (κ2) is 4.45. The molecule has 0 spiro atoms. The number of carbonyl (C=O) groups is 1. The Morgan fingerprint density at radius 2 is 2.29 bits per heavy atom. The smallest absolute Gasteiger partial charge is 0.265 e. The zero-order chi connectivity index (χ0) is 10.7. The molecule has 3 nitrogen and oxygen atoms in total. The van der Waals surface area contributed by atoms with Crippen molar-refractivity contribution in [3.63, 3.8) is 0 Å². The van der Waals surface area contributed by atoms with Gasteiger partial charge in [-0.15, -0.1) is 0 Å². The molecule has 0 saturated carbocycles. The fourth-order valence-corrected chi connectivity index (χ4v) is 1.40. The van der Waals surface area contributed by atoms with E-state index in [1.165, 1.54) is 0 Å². The van der Waals surface area contributed by atoms with Gasteiger partial charge in [0, 0.05) is 17.1 Å². The van der Waals surface area contributed by atoms with Gasteiger partial charge < -0.3 is 5.73 Å². The summed E-state index contributed by atoms with van der Waals surface area (Å²) in [7, 11) is 0. The molecule has 14 heavy (non-hydrogen) atoms. The average molecular weight is 265 g/mol. The third-order valence-corrected chi connectivity index (χ3v) is 2.17. The first-order valence-corrected chi connectivity index (χ1v) is 4.81. The first-order valence-electron chi connectivity index (χ1n) is 3.69. The van der Waals surface area contributed by atoms with E-state index in [2.05, 4.69) is 20.9 Å². The molecule has 76 valence electrons. The van der Waals surface area contributed by atoms with Crippen LogP contribution in [0.2, 0.25) is 0 Å². The van der Waals surface area contributed by atoms with E-state index in [0.717, 1.165) is 12.3 Å². The maximum atomic E-state index is 12.2. The largest absolute Gasteiger partial charge is 0.366 e. The van der Waals surface area contributed by atoms with E-state index < -0.39 is 12.3 Å². The van der Waals surface area contributed by atoms with Gasteiger partial charge in [0.1, 0.15) is 0 Å². The number of primary amides is 1. The minimum atomic E-state index is -2.65. The Kier molecular flexibility index (Phi) is 3.51. The van der Waals surface area contributed by atoms with E-state index in [1.807, 2.05) is 0 Å². The van der Waals surface area contributed by atoms with Crippen LogP contribution in [0.3, 0.4) is 0 Å². The van der Waals surface area contributed by atoms with Crippen LogP contribution in [0, 0.1) is 0 Å². The fraction of sp³-hybridized carbons (Fsp3) is 0.250. The molecule has 1 aromatic heterocycles. The predicted octanol–water partition coefficient (Wildman–Crippen LogP) is 2.01. The van der Waals surface area contributed by atoms with E-state index in [0.29, 0.717) is 11.0 Å². The van der Waals surface area contributed by atoms with Gasteiger partial charge in [0.2, 0.25) is 0 Å². The van der Waals surface area contributed by atoms with Gasteiger partial charge in [-0.2, -0.15) is 0 Å². The fourth-order valence-electron chi connectivity index (χ4n) is 0.948. The van der Waals surface area contributed by atoms with Crippen LogP contribution in [0.5, 0.6) is 0 Å². The normalized spacial score (nSPS) is 10.6. The molecule has 2 N–H and O–H groups in total. The molecular formula is C8H7BrF2N2O. The second-order valence-corrected chi connectivity index (χ2v) is 3.12. The number of halogens is 3. The van der Waals surface area contributed by atoms with Crippen molar-refractivity contribution in [2.75, 3.05) is 0 Å². The second-order valence-electron chi connectivity index (χ2n) is 2.56. The Morgan fingerprint density at radius 1 is 1.64 bits per heavy atom. The molecule has 0 unspecified atom stereocenters. The van der Waals surface area contributed by atoms with Gasteiger partial charge in [-0.25, -0.2) is 8.78 Å². The van der Waals surface area contributed by atoms with Crippen LogP contribution in [0.25, 0.3) is 0 Å². The van der Waals surface area contributed by atoms with Gasteiger partial charge in [0.05, 0.1) is 11.3 Å². The molecule has 0 aliphatic carbocycles. The standard InChI is InChI=1S/C8H7BrF2N2O/c9-2-6-5(8(12)14)1-4(3-13-6)7(10)11/h1,3,7H,2H2,(H2,12,14). The van der Waals surface area contributed by atoms with Gasteiger partial charge in [-0.05, 0) is 6.07 Å². The average Bonchev–Trinajstić information content (AvgIpc) is 2.16. The van der Waals surface area contributed by atoms with Gasteiger partial charge in [-0.3, -0.25) is 9.78 Å². The number of aromatic nitrogens is 1. The summed E-state index contributed by atoms with van der Waals surface area (Å²) in [6.45, 7) is 0. The van der Waals surface area contributed by atoms with Crippen molar-refractivity contribution in [3.05, 3.63) is 29.1 Å². The van der Waals surface area contributed by atoms with E-state index in [1.54, 1.807) is 0 Å². The van der Waals surface area contributed by atoms with E-state index in [-0.39, 0.29) is 11.1 Å². The lowest BCUT2D eigenvalue weighted by Gasteiger charge is -2.05. The number of nitrogens with zero attached hydrogens (tertiary/aromatic N) is 1. The summed E-state index contributed by atoms with van der Waals surface area (Å²) in [4.78, 5) is 14.6. The van der Waals surface area contributed by atoms with Crippen LogP contribution in [-0.4, -0.2) is 10.9 Å². The molecule has 0 aliphatic heterocycles. The van der Waals surface area contributed by atoms with Crippen LogP contribution in [0.15, 0.2) is 12.3 Å². The van der Waals surface area contributed by atoms with Crippen molar-refractivity contribution in [1.29, 1.82) is 0 Å². The zero-order valence-corrected chi connectivity index (χ0v) is 8.59. The van der Waals surface area contributed by atoms with E-state index in [9.17, 15) is 13.6 Å². The number of hydrogen-bond acceptors (Lipinski definition) is 2. The molecule has 0 radical (unpaired) electrons. The highest BCUT2D eigenvalue weighted by Gasteiger charge is 2.14. The molecule has 0 saturated heterocycles. The molecule has 0 bridgehead atoms. The summed E-state index contributed by atoms with van der Waals surface area (Å²) in [5, 5.41) is 0.300. The lowest BCUT2D eigenvalue weighted by atomic mass is 10.1. The van der Waals surface area contributed by atoms with Crippen molar-refractivity contribution >= 4 is 21.8 Å². The molecule has 1 aromatic rings. The zero-order valence-electron chi connectivity index (χ0n) is 7.01. The third-order valence-electron chi connectivity index (χ3n) is 1.64. The summed E-state index contributed by atoms with van der Waals surface area (Å²) < 4.78 is 24.5. The minimum absolute atomic E-state index is 0.0275. The third kappa shape index (κ3) is 2.25. The summed E-state index contributed by atoms with van der Waals surface area (Å²) >= 11 is 3.08. The van der Waals surface area contributed by atoms with Crippen LogP contribution in [0.4, 0.5) is 8.78 Å². The molecular weight excluding hydrogens is 258 g/mol. The molecule has 1 heterocycles. The lowest BCUT2D eigenvalue weighted by molar-refractivity contribution is 0.0998. The number of nitrogens with two attached hydrogens (primary N) is 1. The van der Waals surface area contributed by atoms with Crippen molar-refractivity contribution in [2.45, 2.75) is 11.8 Å². The number of amides is 1. The summed E-state index contributed by atoms with van der Waals surface area (Å²) in [5.41, 5.74) is 5.10. The van der Waals surface area contributed by atoms with Crippen LogP contribution < -0.4 is 5.73 Å². The SMILES string of the molecule is NC(=O)c1cc(C(F)F)cnc1CBr. The van der Waals surface area contributed by atoms with Gasteiger partial charge >= 0.3 is 0 Å².